The van der Waals surface area contributed by atoms with Crippen molar-refractivity contribution in [1.82, 2.24) is 0 Å². The maximum Gasteiger partial charge on any atom is 0.166 e. The van der Waals surface area contributed by atoms with E-state index in [2.05, 4.69) is 20.8 Å². The molecule has 0 atom stereocenters. The summed E-state index contributed by atoms with van der Waals surface area (Å²) >= 11 is 0. The number of carbonyl (C=O) groups is 1. The number of carbonyl (C=O) groups excluding carboxylic acids is 1. The van der Waals surface area contributed by atoms with Gasteiger partial charge in [-0.05, 0) is 30.9 Å². The zero-order valence-corrected chi connectivity index (χ0v) is 11.0. The highest BCUT2D eigenvalue weighted by atomic mass is 16.5. The third-order valence-electron chi connectivity index (χ3n) is 2.60. The number of Topliss-reactive ketones (excluding diaryl/α,β-unsaturated/α-hetero) is 1. The molecule has 0 radical (unpaired) electrons. The lowest BCUT2D eigenvalue weighted by atomic mass is 10.0. The van der Waals surface area contributed by atoms with E-state index in [4.69, 9.17) is 4.74 Å². The molecular formula is C15H22O2. The molecule has 1 aromatic rings. The molecule has 1 rings (SSSR count). The largest absolute Gasteiger partial charge is 0.493 e. The Labute approximate surface area is 104 Å². The lowest BCUT2D eigenvalue weighted by molar-refractivity contribution is 0.0971. The van der Waals surface area contributed by atoms with Crippen LogP contribution in [-0.2, 0) is 0 Å². The van der Waals surface area contributed by atoms with Gasteiger partial charge >= 0.3 is 0 Å². The van der Waals surface area contributed by atoms with Gasteiger partial charge in [-0.2, -0.15) is 0 Å². The molecule has 0 saturated carbocycles. The normalized spacial score (nSPS) is 10.6. The van der Waals surface area contributed by atoms with Gasteiger partial charge in [0.2, 0.25) is 0 Å². The van der Waals surface area contributed by atoms with Crippen LogP contribution >= 0.6 is 0 Å². The predicted octanol–water partition coefficient (Wildman–Crippen LogP) is 4.09. The summed E-state index contributed by atoms with van der Waals surface area (Å²) in [6.45, 7) is 6.98. The van der Waals surface area contributed by atoms with E-state index in [1.165, 1.54) is 0 Å². The summed E-state index contributed by atoms with van der Waals surface area (Å²) in [5, 5.41) is 0. The number of hydrogen-bond acceptors (Lipinski definition) is 2. The van der Waals surface area contributed by atoms with E-state index in [9.17, 15) is 4.79 Å². The Kier molecular flexibility index (Phi) is 5.75. The molecule has 0 bridgehead atoms. The molecule has 0 spiro atoms. The van der Waals surface area contributed by atoms with Crippen molar-refractivity contribution in [3.8, 4) is 5.75 Å². The van der Waals surface area contributed by atoms with Crippen LogP contribution in [0, 0.1) is 5.92 Å². The quantitative estimate of drug-likeness (QED) is 0.664. The van der Waals surface area contributed by atoms with Gasteiger partial charge in [-0.1, -0.05) is 32.9 Å². The van der Waals surface area contributed by atoms with Crippen LogP contribution in [-0.4, -0.2) is 12.4 Å². The van der Waals surface area contributed by atoms with Gasteiger partial charge in [0, 0.05) is 6.42 Å². The first-order valence-electron chi connectivity index (χ1n) is 6.40. The Morgan fingerprint density at radius 1 is 1.29 bits per heavy atom. The molecule has 0 amide bonds. The molecule has 1 aromatic carbocycles. The Morgan fingerprint density at radius 3 is 2.65 bits per heavy atom. The second kappa shape index (κ2) is 7.10. The minimum Gasteiger partial charge on any atom is -0.493 e. The fourth-order valence-corrected chi connectivity index (χ4v) is 1.59. The minimum atomic E-state index is 0.186. The van der Waals surface area contributed by atoms with E-state index in [1.807, 2.05) is 24.3 Å². The summed E-state index contributed by atoms with van der Waals surface area (Å²) in [6.07, 6.45) is 2.49. The average Bonchev–Trinajstić information content (AvgIpc) is 2.33. The second-order valence-electron chi connectivity index (χ2n) is 4.70. The number of hydrogen-bond donors (Lipinski definition) is 0. The minimum absolute atomic E-state index is 0.186. The third kappa shape index (κ3) is 4.59. The molecule has 0 aliphatic rings. The molecule has 0 aliphatic carbocycles. The summed E-state index contributed by atoms with van der Waals surface area (Å²) in [6, 6.07) is 7.53. The molecular weight excluding hydrogens is 212 g/mol. The van der Waals surface area contributed by atoms with Gasteiger partial charge in [0.15, 0.2) is 5.78 Å². The van der Waals surface area contributed by atoms with Gasteiger partial charge in [-0.15, -0.1) is 0 Å². The monoisotopic (exact) mass is 234 g/mol. The van der Waals surface area contributed by atoms with Gasteiger partial charge in [0.25, 0.3) is 0 Å². The Morgan fingerprint density at radius 2 is 2.00 bits per heavy atom. The number of ether oxygens (including phenoxy) is 1. The van der Waals surface area contributed by atoms with Crippen molar-refractivity contribution in [2.45, 2.75) is 40.0 Å². The van der Waals surface area contributed by atoms with E-state index in [0.717, 1.165) is 24.2 Å². The molecule has 94 valence electrons. The highest BCUT2D eigenvalue weighted by Crippen LogP contribution is 2.21. The zero-order valence-electron chi connectivity index (χ0n) is 11.0. The van der Waals surface area contributed by atoms with Gasteiger partial charge in [-0.25, -0.2) is 0 Å². The van der Waals surface area contributed by atoms with Crippen molar-refractivity contribution in [2.75, 3.05) is 6.61 Å². The zero-order chi connectivity index (χ0) is 12.7. The summed E-state index contributed by atoms with van der Waals surface area (Å²) in [7, 11) is 0. The fraction of sp³-hybridized carbons (Fsp3) is 0.533. The summed E-state index contributed by atoms with van der Waals surface area (Å²) in [5.74, 6) is 1.47. The molecule has 0 unspecified atom stereocenters. The molecule has 0 heterocycles. The fourth-order valence-electron chi connectivity index (χ4n) is 1.59. The van der Waals surface area contributed by atoms with E-state index in [-0.39, 0.29) is 5.78 Å². The number of benzene rings is 1. The molecule has 0 N–H and O–H groups in total. The van der Waals surface area contributed by atoms with Crippen molar-refractivity contribution in [2.24, 2.45) is 5.92 Å². The maximum absolute atomic E-state index is 12.1. The predicted molar refractivity (Wildman–Crippen MR) is 70.6 cm³/mol. The highest BCUT2D eigenvalue weighted by molar-refractivity contribution is 5.98. The van der Waals surface area contributed by atoms with Gasteiger partial charge in [-0.3, -0.25) is 4.79 Å². The van der Waals surface area contributed by atoms with Crippen molar-refractivity contribution in [1.29, 1.82) is 0 Å². The second-order valence-corrected chi connectivity index (χ2v) is 4.70. The first-order valence-corrected chi connectivity index (χ1v) is 6.40. The standard InChI is InChI=1S/C15H22O2/c1-4-11-17-15-8-6-5-7-13(15)14(16)10-9-12(2)3/h5-8,12H,4,9-11H2,1-3H3. The summed E-state index contributed by atoms with van der Waals surface area (Å²) < 4.78 is 5.59. The van der Waals surface area contributed by atoms with Crippen LogP contribution in [0.4, 0.5) is 0 Å². The smallest absolute Gasteiger partial charge is 0.166 e. The van der Waals surface area contributed by atoms with E-state index in [0.29, 0.717) is 18.9 Å². The van der Waals surface area contributed by atoms with Gasteiger partial charge in [0.1, 0.15) is 5.75 Å². The maximum atomic E-state index is 12.1. The van der Waals surface area contributed by atoms with Crippen LogP contribution in [0.5, 0.6) is 5.75 Å². The molecule has 2 nitrogen and oxygen atoms in total. The lowest BCUT2D eigenvalue weighted by Crippen LogP contribution is -2.05. The van der Waals surface area contributed by atoms with Gasteiger partial charge < -0.3 is 4.74 Å². The van der Waals surface area contributed by atoms with E-state index < -0.39 is 0 Å². The average molecular weight is 234 g/mol. The topological polar surface area (TPSA) is 26.3 Å². The van der Waals surface area contributed by atoms with Crippen LogP contribution in [0.2, 0.25) is 0 Å². The van der Waals surface area contributed by atoms with Crippen LogP contribution in [0.15, 0.2) is 24.3 Å². The third-order valence-corrected chi connectivity index (χ3v) is 2.60. The first kappa shape index (κ1) is 13.8. The highest BCUT2D eigenvalue weighted by Gasteiger charge is 2.12. The summed E-state index contributed by atoms with van der Waals surface area (Å²) in [5.41, 5.74) is 0.724. The number of para-hydroxylation sites is 1. The first-order chi connectivity index (χ1) is 8.15. The van der Waals surface area contributed by atoms with Crippen LogP contribution in [0.3, 0.4) is 0 Å². The van der Waals surface area contributed by atoms with Crippen LogP contribution in [0.1, 0.15) is 50.4 Å². The Balaban J connectivity index is 2.70. The molecule has 0 saturated heterocycles. The molecule has 0 fully saturated rings. The SMILES string of the molecule is CCCOc1ccccc1C(=O)CCC(C)C. The van der Waals surface area contributed by atoms with Crippen LogP contribution < -0.4 is 4.74 Å². The number of rotatable bonds is 7. The summed E-state index contributed by atoms with van der Waals surface area (Å²) in [4.78, 5) is 12.1. The number of ketones is 1. The molecule has 2 heteroatoms. The Bertz CT molecular complexity index is 356. The van der Waals surface area contributed by atoms with E-state index in [1.54, 1.807) is 0 Å². The van der Waals surface area contributed by atoms with Crippen molar-refractivity contribution in [3.05, 3.63) is 29.8 Å². The van der Waals surface area contributed by atoms with Crippen LogP contribution in [0.25, 0.3) is 0 Å². The Hall–Kier alpha value is -1.31. The van der Waals surface area contributed by atoms with Crippen molar-refractivity contribution >= 4 is 5.78 Å². The van der Waals surface area contributed by atoms with Crippen molar-refractivity contribution < 1.29 is 9.53 Å². The molecule has 17 heavy (non-hydrogen) atoms. The lowest BCUT2D eigenvalue weighted by Gasteiger charge is -2.10. The molecule has 0 aromatic heterocycles. The van der Waals surface area contributed by atoms with E-state index >= 15 is 0 Å². The van der Waals surface area contributed by atoms with Crippen molar-refractivity contribution in [3.63, 3.8) is 0 Å². The van der Waals surface area contributed by atoms with Gasteiger partial charge in [0.05, 0.1) is 12.2 Å². The molecule has 0 aliphatic heterocycles.